The lowest BCUT2D eigenvalue weighted by Gasteiger charge is -2.40. The Bertz CT molecular complexity index is 847. The summed E-state index contributed by atoms with van der Waals surface area (Å²) in [5, 5.41) is 3.04. The molecule has 0 saturated heterocycles. The normalized spacial score (nSPS) is 18.5. The molecule has 0 aromatic heterocycles. The lowest BCUT2D eigenvalue weighted by atomic mass is 9.88. The number of ether oxygens (including phenoxy) is 3. The Morgan fingerprint density at radius 3 is 2.34 bits per heavy atom. The minimum Gasteiger partial charge on any atom is -0.497 e. The molecule has 1 aromatic carbocycles. The molecular weight excluding hydrogens is 434 g/mol. The highest BCUT2D eigenvalue weighted by molar-refractivity contribution is 7.89. The smallest absolute Gasteiger partial charge is 0.248 e. The Balaban J connectivity index is 1.77. The highest BCUT2D eigenvalue weighted by Gasteiger charge is 2.34. The van der Waals surface area contributed by atoms with E-state index in [9.17, 15) is 13.2 Å². The summed E-state index contributed by atoms with van der Waals surface area (Å²) in [5.74, 6) is 0.505. The van der Waals surface area contributed by atoms with Crippen LogP contribution in [-0.2, 0) is 24.3 Å². The average Bonchev–Trinajstić information content (AvgIpc) is 2.71. The van der Waals surface area contributed by atoms with Crippen molar-refractivity contribution in [1.29, 1.82) is 0 Å². The van der Waals surface area contributed by atoms with Crippen LogP contribution >= 0.6 is 0 Å². The Kier molecular flexibility index (Phi) is 9.90. The molecule has 0 aliphatic heterocycles. The van der Waals surface area contributed by atoms with Gasteiger partial charge < -0.3 is 24.4 Å². The summed E-state index contributed by atoms with van der Waals surface area (Å²) in [6.45, 7) is 5.17. The van der Waals surface area contributed by atoms with Gasteiger partial charge in [0.05, 0.1) is 31.3 Å². The fourth-order valence-electron chi connectivity index (χ4n) is 3.69. The molecule has 1 fully saturated rings. The van der Waals surface area contributed by atoms with Crippen LogP contribution < -0.4 is 10.1 Å². The maximum Gasteiger partial charge on any atom is 0.248 e. The minimum atomic E-state index is -3.68. The number of methoxy groups -OCH3 is 1. The first-order chi connectivity index (χ1) is 15.1. The van der Waals surface area contributed by atoms with E-state index in [1.807, 2.05) is 7.05 Å². The second kappa shape index (κ2) is 11.9. The minimum absolute atomic E-state index is 0.0766. The summed E-state index contributed by atoms with van der Waals surface area (Å²) < 4.78 is 43.7. The van der Waals surface area contributed by atoms with Crippen molar-refractivity contribution >= 4 is 15.9 Å². The SMILES string of the molecule is CNCCOC1CC(N(C)C(=O)COCCN(C)S(=O)(=O)c2c(C)cc(OC)cc2C)C1. The molecule has 2 rings (SSSR count). The number of amides is 1. The van der Waals surface area contributed by atoms with Crippen LogP contribution in [-0.4, -0.2) is 96.8 Å². The molecule has 1 amide bonds. The highest BCUT2D eigenvalue weighted by Crippen LogP contribution is 2.28. The second-order valence-electron chi connectivity index (χ2n) is 8.20. The Morgan fingerprint density at radius 1 is 1.16 bits per heavy atom. The second-order valence-corrected chi connectivity index (χ2v) is 10.2. The van der Waals surface area contributed by atoms with E-state index in [1.165, 1.54) is 11.4 Å². The first-order valence-electron chi connectivity index (χ1n) is 10.8. The molecule has 1 saturated carbocycles. The molecule has 0 spiro atoms. The summed E-state index contributed by atoms with van der Waals surface area (Å²) >= 11 is 0. The van der Waals surface area contributed by atoms with Gasteiger partial charge in [-0.15, -0.1) is 0 Å². The molecule has 0 radical (unpaired) electrons. The lowest BCUT2D eigenvalue weighted by Crippen LogP contribution is -2.50. The number of benzene rings is 1. The first kappa shape index (κ1) is 26.5. The van der Waals surface area contributed by atoms with Crippen LogP contribution in [0.3, 0.4) is 0 Å². The summed E-state index contributed by atoms with van der Waals surface area (Å²) in [7, 11) is 3.03. The van der Waals surface area contributed by atoms with E-state index in [-0.39, 0.29) is 42.7 Å². The van der Waals surface area contributed by atoms with Gasteiger partial charge in [0.15, 0.2) is 0 Å². The van der Waals surface area contributed by atoms with Gasteiger partial charge >= 0.3 is 0 Å². The number of carbonyl (C=O) groups excluding carboxylic acids is 1. The van der Waals surface area contributed by atoms with Gasteiger partial charge in [-0.2, -0.15) is 4.31 Å². The quantitative estimate of drug-likeness (QED) is 0.432. The molecule has 1 N–H and O–H groups in total. The van der Waals surface area contributed by atoms with E-state index in [1.54, 1.807) is 45.0 Å². The van der Waals surface area contributed by atoms with Crippen LogP contribution in [0.25, 0.3) is 0 Å². The molecular formula is C22H37N3O6S. The van der Waals surface area contributed by atoms with Gasteiger partial charge in [0.2, 0.25) is 15.9 Å². The van der Waals surface area contributed by atoms with Crippen LogP contribution in [0.4, 0.5) is 0 Å². The molecule has 10 heteroatoms. The number of aryl methyl sites for hydroxylation is 2. The summed E-state index contributed by atoms with van der Waals surface area (Å²) in [4.78, 5) is 14.3. The van der Waals surface area contributed by atoms with Crippen LogP contribution in [0.1, 0.15) is 24.0 Å². The van der Waals surface area contributed by atoms with E-state index < -0.39 is 10.0 Å². The standard InChI is InChI=1S/C22H37N3O6S/c1-16-11-19(29-6)12-17(2)22(16)32(27,28)24(4)8-10-30-15-21(26)25(5)18-13-20(14-18)31-9-7-23-3/h11-12,18,20,23H,7-10,13-15H2,1-6H3. The molecule has 0 atom stereocenters. The van der Waals surface area contributed by atoms with Gasteiger partial charge in [-0.25, -0.2) is 8.42 Å². The zero-order valence-corrected chi connectivity index (χ0v) is 20.8. The van der Waals surface area contributed by atoms with Gasteiger partial charge in [0.25, 0.3) is 0 Å². The molecule has 1 aliphatic carbocycles. The number of likely N-dealkylation sites (N-methyl/N-ethyl adjacent to an activating group) is 3. The maximum absolute atomic E-state index is 13.0. The van der Waals surface area contributed by atoms with Gasteiger partial charge in [-0.1, -0.05) is 0 Å². The topological polar surface area (TPSA) is 97.4 Å². The van der Waals surface area contributed by atoms with Crippen LogP contribution in [0.5, 0.6) is 5.75 Å². The predicted octanol–water partition coefficient (Wildman–Crippen LogP) is 1.17. The van der Waals surface area contributed by atoms with Crippen molar-refractivity contribution in [2.45, 2.75) is 43.7 Å². The Hall–Kier alpha value is -1.72. The third-order valence-corrected chi connectivity index (χ3v) is 7.99. The number of nitrogens with one attached hydrogen (secondary N) is 1. The maximum atomic E-state index is 13.0. The van der Waals surface area contributed by atoms with Gasteiger partial charge in [0, 0.05) is 33.2 Å². The average molecular weight is 472 g/mol. The van der Waals surface area contributed by atoms with Crippen molar-refractivity contribution in [3.63, 3.8) is 0 Å². The van der Waals surface area contributed by atoms with Crippen molar-refractivity contribution in [2.24, 2.45) is 0 Å². The Labute approximate surface area is 192 Å². The number of hydrogen-bond acceptors (Lipinski definition) is 7. The van der Waals surface area contributed by atoms with Gasteiger partial charge in [0.1, 0.15) is 12.4 Å². The van der Waals surface area contributed by atoms with Crippen molar-refractivity contribution < 1.29 is 27.4 Å². The number of sulfonamides is 1. The fourth-order valence-corrected chi connectivity index (χ4v) is 5.25. The van der Waals surface area contributed by atoms with Gasteiger partial charge in [-0.3, -0.25) is 4.79 Å². The molecule has 32 heavy (non-hydrogen) atoms. The van der Waals surface area contributed by atoms with E-state index in [0.29, 0.717) is 23.5 Å². The summed E-state index contributed by atoms with van der Waals surface area (Å²) in [6, 6.07) is 3.57. The molecule has 182 valence electrons. The third-order valence-electron chi connectivity index (χ3n) is 5.83. The van der Waals surface area contributed by atoms with E-state index in [0.717, 1.165) is 19.4 Å². The number of rotatable bonds is 13. The van der Waals surface area contributed by atoms with E-state index in [4.69, 9.17) is 14.2 Å². The van der Waals surface area contributed by atoms with E-state index in [2.05, 4.69) is 5.32 Å². The van der Waals surface area contributed by atoms with Crippen molar-refractivity contribution in [3.05, 3.63) is 23.3 Å². The highest BCUT2D eigenvalue weighted by atomic mass is 32.2. The van der Waals surface area contributed by atoms with Crippen molar-refractivity contribution in [2.75, 3.05) is 61.2 Å². The summed E-state index contributed by atoms with van der Waals surface area (Å²) in [6.07, 6.45) is 1.86. The zero-order valence-electron chi connectivity index (χ0n) is 20.0. The molecule has 9 nitrogen and oxygen atoms in total. The number of nitrogens with zero attached hydrogens (tertiary/aromatic N) is 2. The molecule has 0 heterocycles. The first-order valence-corrected chi connectivity index (χ1v) is 12.3. The van der Waals surface area contributed by atoms with Crippen molar-refractivity contribution in [3.8, 4) is 5.75 Å². The molecule has 1 aliphatic rings. The monoisotopic (exact) mass is 471 g/mol. The summed E-state index contributed by atoms with van der Waals surface area (Å²) in [5.41, 5.74) is 1.25. The molecule has 0 unspecified atom stereocenters. The largest absolute Gasteiger partial charge is 0.497 e. The molecule has 0 bridgehead atoms. The fraction of sp³-hybridized carbons (Fsp3) is 0.682. The number of carbonyl (C=O) groups is 1. The zero-order chi connectivity index (χ0) is 23.9. The lowest BCUT2D eigenvalue weighted by molar-refractivity contribution is -0.142. The third kappa shape index (κ3) is 6.64. The number of hydrogen-bond donors (Lipinski definition) is 1. The van der Waals surface area contributed by atoms with Crippen LogP contribution in [0.2, 0.25) is 0 Å². The van der Waals surface area contributed by atoms with E-state index >= 15 is 0 Å². The van der Waals surface area contributed by atoms with Crippen LogP contribution in [0, 0.1) is 13.8 Å². The van der Waals surface area contributed by atoms with Crippen molar-refractivity contribution in [1.82, 2.24) is 14.5 Å². The van der Waals surface area contributed by atoms with Gasteiger partial charge in [-0.05, 0) is 57.0 Å². The Morgan fingerprint density at radius 2 is 1.78 bits per heavy atom. The predicted molar refractivity (Wildman–Crippen MR) is 123 cm³/mol. The molecule has 1 aromatic rings. The van der Waals surface area contributed by atoms with Crippen LogP contribution in [0.15, 0.2) is 17.0 Å².